The van der Waals surface area contributed by atoms with Gasteiger partial charge in [0, 0.05) is 31.0 Å². The molecular weight excluding hydrogens is 268 g/mol. The standard InChI is InChI=1S/C16H18N2O3/c1-3-20-13-5-6-15-14(10-13)12(9-16(19)21-15)11-18(2)8-4-7-17/h5-6,9-10H,3-4,8,11H2,1-2H3. The van der Waals surface area contributed by atoms with E-state index in [-0.39, 0.29) is 5.63 Å². The molecule has 0 spiro atoms. The molecule has 21 heavy (non-hydrogen) atoms. The Bertz CT molecular complexity index is 716. The summed E-state index contributed by atoms with van der Waals surface area (Å²) < 4.78 is 10.7. The zero-order valence-electron chi connectivity index (χ0n) is 12.3. The molecule has 5 nitrogen and oxygen atoms in total. The minimum Gasteiger partial charge on any atom is -0.494 e. The highest BCUT2D eigenvalue weighted by Crippen LogP contribution is 2.23. The van der Waals surface area contributed by atoms with Gasteiger partial charge >= 0.3 is 5.63 Å². The molecule has 0 radical (unpaired) electrons. The van der Waals surface area contributed by atoms with Crippen molar-refractivity contribution in [3.05, 3.63) is 40.2 Å². The largest absolute Gasteiger partial charge is 0.494 e. The lowest BCUT2D eigenvalue weighted by atomic mass is 10.1. The Kier molecular flexibility index (Phi) is 4.96. The van der Waals surface area contributed by atoms with E-state index in [9.17, 15) is 4.79 Å². The van der Waals surface area contributed by atoms with E-state index in [1.54, 1.807) is 12.1 Å². The van der Waals surface area contributed by atoms with Crippen molar-refractivity contribution in [3.8, 4) is 11.8 Å². The third-order valence-corrected chi connectivity index (χ3v) is 3.16. The zero-order valence-corrected chi connectivity index (χ0v) is 12.3. The first-order valence-electron chi connectivity index (χ1n) is 6.89. The SMILES string of the molecule is CCOc1ccc2oc(=O)cc(CN(C)CCC#N)c2c1. The van der Waals surface area contributed by atoms with Gasteiger partial charge in [-0.3, -0.25) is 0 Å². The average Bonchev–Trinajstić information content (AvgIpc) is 2.46. The molecule has 0 aliphatic carbocycles. The topological polar surface area (TPSA) is 66.5 Å². The summed E-state index contributed by atoms with van der Waals surface area (Å²) in [5, 5.41) is 9.50. The minimum absolute atomic E-state index is 0.365. The smallest absolute Gasteiger partial charge is 0.336 e. The maximum Gasteiger partial charge on any atom is 0.336 e. The van der Waals surface area contributed by atoms with Crippen molar-refractivity contribution in [1.82, 2.24) is 4.90 Å². The first kappa shape index (κ1) is 15.1. The van der Waals surface area contributed by atoms with Gasteiger partial charge in [0.25, 0.3) is 0 Å². The molecule has 1 heterocycles. The summed E-state index contributed by atoms with van der Waals surface area (Å²) in [6.45, 7) is 3.74. The van der Waals surface area contributed by atoms with Crippen LogP contribution in [0.1, 0.15) is 18.9 Å². The Hall–Kier alpha value is -2.32. The number of hydrogen-bond acceptors (Lipinski definition) is 5. The van der Waals surface area contributed by atoms with E-state index in [1.165, 1.54) is 6.07 Å². The predicted octanol–water partition coefficient (Wildman–Crippen LogP) is 2.54. The molecule has 2 rings (SSSR count). The van der Waals surface area contributed by atoms with Gasteiger partial charge in [0.15, 0.2) is 0 Å². The van der Waals surface area contributed by atoms with E-state index >= 15 is 0 Å². The highest BCUT2D eigenvalue weighted by atomic mass is 16.5. The number of hydrogen-bond donors (Lipinski definition) is 0. The Labute approximate surface area is 123 Å². The van der Waals surface area contributed by atoms with E-state index in [0.717, 1.165) is 16.7 Å². The fourth-order valence-electron chi connectivity index (χ4n) is 2.20. The summed E-state index contributed by atoms with van der Waals surface area (Å²) in [4.78, 5) is 13.6. The molecule has 0 amide bonds. The zero-order chi connectivity index (χ0) is 15.2. The van der Waals surface area contributed by atoms with Crippen molar-refractivity contribution >= 4 is 11.0 Å². The lowest BCUT2D eigenvalue weighted by Crippen LogP contribution is -2.19. The lowest BCUT2D eigenvalue weighted by Gasteiger charge is -2.16. The number of benzene rings is 1. The molecule has 2 aromatic rings. The van der Waals surface area contributed by atoms with Crippen molar-refractivity contribution in [3.63, 3.8) is 0 Å². The van der Waals surface area contributed by atoms with Gasteiger partial charge in [-0.05, 0) is 37.7 Å². The minimum atomic E-state index is -0.365. The van der Waals surface area contributed by atoms with Gasteiger partial charge in [0.1, 0.15) is 11.3 Å². The molecule has 0 saturated carbocycles. The Balaban J connectivity index is 2.38. The molecule has 1 aromatic heterocycles. The van der Waals surface area contributed by atoms with Crippen molar-refractivity contribution in [2.75, 3.05) is 20.2 Å². The Morgan fingerprint density at radius 3 is 2.90 bits per heavy atom. The molecule has 0 saturated heterocycles. The van der Waals surface area contributed by atoms with Gasteiger partial charge < -0.3 is 14.1 Å². The summed E-state index contributed by atoms with van der Waals surface area (Å²) >= 11 is 0. The number of ether oxygens (including phenoxy) is 1. The number of fused-ring (bicyclic) bond motifs is 1. The second kappa shape index (κ2) is 6.91. The monoisotopic (exact) mass is 286 g/mol. The van der Waals surface area contributed by atoms with Crippen LogP contribution in [0.2, 0.25) is 0 Å². The number of rotatable bonds is 6. The van der Waals surface area contributed by atoms with E-state index in [0.29, 0.717) is 31.7 Å². The molecular formula is C16H18N2O3. The van der Waals surface area contributed by atoms with Gasteiger partial charge in [-0.25, -0.2) is 4.79 Å². The van der Waals surface area contributed by atoms with E-state index in [1.807, 2.05) is 24.9 Å². The van der Waals surface area contributed by atoms with E-state index < -0.39 is 0 Å². The third kappa shape index (κ3) is 3.83. The summed E-state index contributed by atoms with van der Waals surface area (Å²) in [6.07, 6.45) is 0.458. The van der Waals surface area contributed by atoms with Crippen molar-refractivity contribution < 1.29 is 9.15 Å². The van der Waals surface area contributed by atoms with E-state index in [2.05, 4.69) is 6.07 Å². The van der Waals surface area contributed by atoms with Crippen molar-refractivity contribution in [2.45, 2.75) is 19.9 Å². The summed E-state index contributed by atoms with van der Waals surface area (Å²) in [5.41, 5.74) is 1.06. The maximum atomic E-state index is 11.6. The maximum absolute atomic E-state index is 11.6. The van der Waals surface area contributed by atoms with Gasteiger partial charge in [0.05, 0.1) is 12.7 Å². The van der Waals surface area contributed by atoms with Crippen LogP contribution in [0.4, 0.5) is 0 Å². The van der Waals surface area contributed by atoms with Gasteiger partial charge in [0.2, 0.25) is 0 Å². The third-order valence-electron chi connectivity index (χ3n) is 3.16. The fourth-order valence-corrected chi connectivity index (χ4v) is 2.20. The number of nitriles is 1. The quantitative estimate of drug-likeness (QED) is 0.763. The summed E-state index contributed by atoms with van der Waals surface area (Å²) in [5.74, 6) is 0.750. The van der Waals surface area contributed by atoms with Crippen LogP contribution in [0.15, 0.2) is 33.5 Å². The first-order chi connectivity index (χ1) is 10.1. The molecule has 1 aromatic carbocycles. The van der Waals surface area contributed by atoms with Crippen LogP contribution < -0.4 is 10.4 Å². The predicted molar refractivity (Wildman–Crippen MR) is 80.2 cm³/mol. The van der Waals surface area contributed by atoms with E-state index in [4.69, 9.17) is 14.4 Å². The highest BCUT2D eigenvalue weighted by Gasteiger charge is 2.09. The van der Waals surface area contributed by atoms with Crippen LogP contribution in [0.5, 0.6) is 5.75 Å². The second-order valence-electron chi connectivity index (χ2n) is 4.83. The molecule has 5 heteroatoms. The van der Waals surface area contributed by atoms with Crippen LogP contribution in [0.25, 0.3) is 11.0 Å². The van der Waals surface area contributed by atoms with Crippen LogP contribution in [-0.2, 0) is 6.54 Å². The van der Waals surface area contributed by atoms with Crippen LogP contribution in [0.3, 0.4) is 0 Å². The Morgan fingerprint density at radius 1 is 1.38 bits per heavy atom. The van der Waals surface area contributed by atoms with Crippen molar-refractivity contribution in [2.24, 2.45) is 0 Å². The molecule has 0 aliphatic rings. The second-order valence-corrected chi connectivity index (χ2v) is 4.83. The lowest BCUT2D eigenvalue weighted by molar-refractivity contribution is 0.334. The molecule has 0 fully saturated rings. The van der Waals surface area contributed by atoms with Crippen molar-refractivity contribution in [1.29, 1.82) is 5.26 Å². The molecule has 0 unspecified atom stereocenters. The van der Waals surface area contributed by atoms with Gasteiger partial charge in [-0.1, -0.05) is 0 Å². The normalized spacial score (nSPS) is 10.8. The summed E-state index contributed by atoms with van der Waals surface area (Å²) in [6, 6.07) is 9.04. The van der Waals surface area contributed by atoms with Crippen LogP contribution in [0, 0.1) is 11.3 Å². The van der Waals surface area contributed by atoms with Gasteiger partial charge in [-0.2, -0.15) is 5.26 Å². The Morgan fingerprint density at radius 2 is 2.19 bits per heavy atom. The molecule has 0 bridgehead atoms. The highest BCUT2D eigenvalue weighted by molar-refractivity contribution is 5.81. The molecule has 0 N–H and O–H groups in total. The van der Waals surface area contributed by atoms with Crippen LogP contribution in [-0.4, -0.2) is 25.1 Å². The molecule has 110 valence electrons. The summed E-state index contributed by atoms with van der Waals surface area (Å²) in [7, 11) is 1.92. The fraction of sp³-hybridized carbons (Fsp3) is 0.375. The average molecular weight is 286 g/mol. The molecule has 0 aliphatic heterocycles. The van der Waals surface area contributed by atoms with Gasteiger partial charge in [-0.15, -0.1) is 0 Å². The van der Waals surface area contributed by atoms with Crippen LogP contribution >= 0.6 is 0 Å². The number of nitrogens with zero attached hydrogens (tertiary/aromatic N) is 2. The first-order valence-corrected chi connectivity index (χ1v) is 6.89. The molecule has 0 atom stereocenters.